The van der Waals surface area contributed by atoms with E-state index in [0.29, 0.717) is 5.92 Å². The minimum Gasteiger partial charge on any atom is -0.459 e. The Kier molecular flexibility index (Phi) is 4.07. The quantitative estimate of drug-likeness (QED) is 0.717. The van der Waals surface area contributed by atoms with Crippen LogP contribution in [0.25, 0.3) is 11.0 Å². The van der Waals surface area contributed by atoms with Gasteiger partial charge in [0.05, 0.1) is 6.04 Å². The maximum Gasteiger partial charge on any atom is 0.134 e. The van der Waals surface area contributed by atoms with Crippen LogP contribution in [0.1, 0.15) is 31.2 Å². The number of hydrogen-bond acceptors (Lipinski definition) is 2. The van der Waals surface area contributed by atoms with Gasteiger partial charge in [0.2, 0.25) is 0 Å². The van der Waals surface area contributed by atoms with Gasteiger partial charge in [-0.05, 0) is 23.6 Å². The summed E-state index contributed by atoms with van der Waals surface area (Å²) in [7, 11) is 0. The van der Waals surface area contributed by atoms with Crippen LogP contribution in [0.4, 0.5) is 0 Å². The van der Waals surface area contributed by atoms with Crippen LogP contribution in [0, 0.1) is 5.92 Å². The summed E-state index contributed by atoms with van der Waals surface area (Å²) in [5, 5.41) is 4.79. The van der Waals surface area contributed by atoms with Gasteiger partial charge in [-0.2, -0.15) is 0 Å². The Morgan fingerprint density at radius 3 is 2.38 bits per heavy atom. The number of nitrogens with one attached hydrogen (secondary N) is 1. The van der Waals surface area contributed by atoms with Crippen LogP contribution in [0.15, 0.2) is 65.1 Å². The van der Waals surface area contributed by atoms with Crippen LogP contribution in [0.5, 0.6) is 0 Å². The monoisotopic (exact) mass is 279 g/mol. The number of fused-ring (bicyclic) bond motifs is 1. The van der Waals surface area contributed by atoms with Gasteiger partial charge in [0, 0.05) is 11.9 Å². The first-order valence-electron chi connectivity index (χ1n) is 7.50. The summed E-state index contributed by atoms with van der Waals surface area (Å²) in [5.74, 6) is 1.48. The van der Waals surface area contributed by atoms with Gasteiger partial charge in [-0.15, -0.1) is 0 Å². The lowest BCUT2D eigenvalue weighted by Crippen LogP contribution is -2.24. The van der Waals surface area contributed by atoms with Gasteiger partial charge >= 0.3 is 0 Å². The van der Waals surface area contributed by atoms with E-state index in [2.05, 4.69) is 55.6 Å². The van der Waals surface area contributed by atoms with E-state index in [1.165, 1.54) is 10.9 Å². The Balaban J connectivity index is 1.81. The van der Waals surface area contributed by atoms with Crippen molar-refractivity contribution >= 4 is 11.0 Å². The molecule has 1 N–H and O–H groups in total. The van der Waals surface area contributed by atoms with E-state index >= 15 is 0 Å². The van der Waals surface area contributed by atoms with E-state index in [4.69, 9.17) is 4.42 Å². The highest BCUT2D eigenvalue weighted by atomic mass is 16.3. The highest BCUT2D eigenvalue weighted by Gasteiger charge is 2.19. The van der Waals surface area contributed by atoms with E-state index in [0.717, 1.165) is 17.9 Å². The van der Waals surface area contributed by atoms with E-state index in [1.807, 2.05) is 24.3 Å². The standard InChI is InChI=1S/C19H21NO/c1-14(2)19(20-13-15-8-4-3-5-9-15)18-12-16-10-6-7-11-17(16)21-18/h3-12,14,19-20H,13H2,1-2H3. The zero-order valence-corrected chi connectivity index (χ0v) is 12.5. The second-order valence-corrected chi connectivity index (χ2v) is 5.77. The molecule has 0 fully saturated rings. The third kappa shape index (κ3) is 3.17. The van der Waals surface area contributed by atoms with Crippen molar-refractivity contribution in [2.75, 3.05) is 0 Å². The molecule has 1 heterocycles. The predicted octanol–water partition coefficient (Wildman–Crippen LogP) is 4.92. The predicted molar refractivity (Wildman–Crippen MR) is 87.1 cm³/mol. The van der Waals surface area contributed by atoms with Crippen molar-refractivity contribution in [2.24, 2.45) is 5.92 Å². The zero-order chi connectivity index (χ0) is 14.7. The minimum absolute atomic E-state index is 0.220. The van der Waals surface area contributed by atoms with Crippen molar-refractivity contribution in [1.29, 1.82) is 0 Å². The Morgan fingerprint density at radius 2 is 1.67 bits per heavy atom. The molecular weight excluding hydrogens is 258 g/mol. The Morgan fingerprint density at radius 1 is 0.952 bits per heavy atom. The highest BCUT2D eigenvalue weighted by molar-refractivity contribution is 5.77. The van der Waals surface area contributed by atoms with E-state index in [9.17, 15) is 0 Å². The summed E-state index contributed by atoms with van der Waals surface area (Å²) in [4.78, 5) is 0. The third-order valence-electron chi connectivity index (χ3n) is 3.79. The molecule has 0 radical (unpaired) electrons. The summed E-state index contributed by atoms with van der Waals surface area (Å²) in [5.41, 5.74) is 2.25. The number of rotatable bonds is 5. The fourth-order valence-corrected chi connectivity index (χ4v) is 2.64. The van der Waals surface area contributed by atoms with Crippen molar-refractivity contribution in [2.45, 2.75) is 26.4 Å². The van der Waals surface area contributed by atoms with Crippen molar-refractivity contribution < 1.29 is 4.42 Å². The van der Waals surface area contributed by atoms with Gasteiger partial charge < -0.3 is 9.73 Å². The first kappa shape index (κ1) is 13.9. The molecule has 2 aromatic carbocycles. The van der Waals surface area contributed by atoms with Crippen LogP contribution in [-0.2, 0) is 6.54 Å². The number of hydrogen-bond donors (Lipinski definition) is 1. The summed E-state index contributed by atoms with van der Waals surface area (Å²) in [6, 6.07) is 21.0. The molecule has 1 atom stereocenters. The summed E-state index contributed by atoms with van der Waals surface area (Å²) < 4.78 is 6.02. The molecule has 1 aromatic heterocycles. The van der Waals surface area contributed by atoms with Gasteiger partial charge in [0.1, 0.15) is 11.3 Å². The zero-order valence-electron chi connectivity index (χ0n) is 12.5. The molecule has 0 aliphatic rings. The number of benzene rings is 2. The fourth-order valence-electron chi connectivity index (χ4n) is 2.64. The number of furan rings is 1. The van der Waals surface area contributed by atoms with Gasteiger partial charge in [-0.3, -0.25) is 0 Å². The lowest BCUT2D eigenvalue weighted by Gasteiger charge is -2.20. The van der Waals surface area contributed by atoms with Crippen LogP contribution in [-0.4, -0.2) is 0 Å². The molecule has 0 amide bonds. The second kappa shape index (κ2) is 6.15. The van der Waals surface area contributed by atoms with Gasteiger partial charge in [-0.25, -0.2) is 0 Å². The smallest absolute Gasteiger partial charge is 0.134 e. The maximum atomic E-state index is 6.02. The molecule has 0 saturated heterocycles. The number of para-hydroxylation sites is 1. The molecule has 2 heteroatoms. The van der Waals surface area contributed by atoms with Crippen LogP contribution < -0.4 is 5.32 Å². The molecule has 3 aromatic rings. The Labute approximate surface area is 125 Å². The summed E-state index contributed by atoms with van der Waals surface area (Å²) in [6.45, 7) is 5.28. The van der Waals surface area contributed by atoms with Crippen LogP contribution in [0.3, 0.4) is 0 Å². The highest BCUT2D eigenvalue weighted by Crippen LogP contribution is 2.28. The minimum atomic E-state index is 0.220. The molecule has 0 aliphatic heterocycles. The summed E-state index contributed by atoms with van der Waals surface area (Å²) in [6.07, 6.45) is 0. The summed E-state index contributed by atoms with van der Waals surface area (Å²) >= 11 is 0. The Hall–Kier alpha value is -2.06. The van der Waals surface area contributed by atoms with Crippen molar-refractivity contribution in [1.82, 2.24) is 5.32 Å². The maximum absolute atomic E-state index is 6.02. The topological polar surface area (TPSA) is 25.2 Å². The van der Waals surface area contributed by atoms with E-state index < -0.39 is 0 Å². The average Bonchev–Trinajstić information content (AvgIpc) is 2.91. The third-order valence-corrected chi connectivity index (χ3v) is 3.79. The van der Waals surface area contributed by atoms with Crippen molar-refractivity contribution in [3.05, 3.63) is 72.0 Å². The molecule has 21 heavy (non-hydrogen) atoms. The van der Waals surface area contributed by atoms with Crippen molar-refractivity contribution in [3.63, 3.8) is 0 Å². The molecule has 1 unspecified atom stereocenters. The first-order valence-corrected chi connectivity index (χ1v) is 7.50. The second-order valence-electron chi connectivity index (χ2n) is 5.77. The molecule has 2 nitrogen and oxygen atoms in total. The van der Waals surface area contributed by atoms with Crippen LogP contribution >= 0.6 is 0 Å². The lowest BCUT2D eigenvalue weighted by molar-refractivity contribution is 0.349. The largest absolute Gasteiger partial charge is 0.459 e. The molecule has 3 rings (SSSR count). The molecule has 0 aliphatic carbocycles. The average molecular weight is 279 g/mol. The van der Waals surface area contributed by atoms with Gasteiger partial charge in [0.15, 0.2) is 0 Å². The molecule has 0 bridgehead atoms. The lowest BCUT2D eigenvalue weighted by atomic mass is 10.0. The van der Waals surface area contributed by atoms with Gasteiger partial charge in [0.25, 0.3) is 0 Å². The molecule has 108 valence electrons. The van der Waals surface area contributed by atoms with E-state index in [-0.39, 0.29) is 6.04 Å². The van der Waals surface area contributed by atoms with Crippen molar-refractivity contribution in [3.8, 4) is 0 Å². The Bertz CT molecular complexity index is 667. The first-order chi connectivity index (χ1) is 10.2. The normalized spacial score (nSPS) is 12.9. The van der Waals surface area contributed by atoms with Crippen LogP contribution in [0.2, 0.25) is 0 Å². The SMILES string of the molecule is CC(C)C(NCc1ccccc1)c1cc2ccccc2o1. The van der Waals surface area contributed by atoms with Gasteiger partial charge in [-0.1, -0.05) is 62.4 Å². The molecular formula is C19H21NO. The molecule has 0 spiro atoms. The fraction of sp³-hybridized carbons (Fsp3) is 0.263. The van der Waals surface area contributed by atoms with E-state index in [1.54, 1.807) is 0 Å². The molecule has 0 saturated carbocycles.